The molecule has 0 aliphatic carbocycles. The number of nitrogens with zero attached hydrogens (tertiary/aromatic N) is 1. The van der Waals surface area contributed by atoms with Gasteiger partial charge in [0.25, 0.3) is 0 Å². The van der Waals surface area contributed by atoms with E-state index in [0.29, 0.717) is 5.92 Å². The normalized spacial score (nSPS) is 14.2. The Hall–Kier alpha value is -3.10. The predicted molar refractivity (Wildman–Crippen MR) is 131 cm³/mol. The minimum atomic E-state index is 0.486. The Balaban J connectivity index is 1.72. The van der Waals surface area contributed by atoms with Gasteiger partial charge in [0, 0.05) is 5.56 Å². The molecule has 0 spiro atoms. The Labute approximate surface area is 182 Å². The van der Waals surface area contributed by atoms with Crippen molar-refractivity contribution in [1.82, 2.24) is 0 Å². The van der Waals surface area contributed by atoms with Crippen LogP contribution in [-0.4, -0.2) is 11.3 Å². The minimum Gasteiger partial charge on any atom is -0.255 e. The predicted octanol–water partition coefficient (Wildman–Crippen LogP) is 7.73. The maximum atomic E-state index is 4.27. The van der Waals surface area contributed by atoms with Crippen molar-refractivity contribution in [1.29, 1.82) is 0 Å². The lowest BCUT2D eigenvalue weighted by Crippen LogP contribution is -2.17. The van der Waals surface area contributed by atoms with Gasteiger partial charge in [0.05, 0.1) is 6.72 Å². The maximum Gasteiger partial charge on any atom is 0.159 e. The van der Waals surface area contributed by atoms with Gasteiger partial charge in [-0.3, -0.25) is 4.58 Å². The van der Waals surface area contributed by atoms with Crippen LogP contribution in [0.1, 0.15) is 25.0 Å². The van der Waals surface area contributed by atoms with Crippen molar-refractivity contribution >= 4 is 38.2 Å². The summed E-state index contributed by atoms with van der Waals surface area (Å²) in [4.78, 5) is 0. The van der Waals surface area contributed by atoms with Crippen molar-refractivity contribution < 1.29 is 4.58 Å². The van der Waals surface area contributed by atoms with Crippen LogP contribution < -0.4 is 0 Å². The van der Waals surface area contributed by atoms with Gasteiger partial charge in [-0.05, 0) is 17.4 Å². The van der Waals surface area contributed by atoms with E-state index in [9.17, 15) is 0 Å². The molecule has 1 aliphatic rings. The first-order chi connectivity index (χ1) is 14.5. The first-order valence-corrected chi connectivity index (χ1v) is 11.2. The van der Waals surface area contributed by atoms with E-state index < -0.39 is 0 Å². The van der Waals surface area contributed by atoms with Gasteiger partial charge in [0.15, 0.2) is 15.4 Å². The summed E-state index contributed by atoms with van der Waals surface area (Å²) < 4.78 is 4.68. The number of fused-ring (bicyclic) bond motifs is 3. The van der Waals surface area contributed by atoms with Crippen LogP contribution in [0.3, 0.4) is 0 Å². The molecule has 1 aliphatic heterocycles. The molecule has 3 aromatic carbocycles. The first-order valence-electron chi connectivity index (χ1n) is 10.4. The van der Waals surface area contributed by atoms with Crippen molar-refractivity contribution in [2.75, 3.05) is 0 Å². The molecule has 0 atom stereocenters. The molecule has 0 amide bonds. The zero-order chi connectivity index (χ0) is 20.8. The van der Waals surface area contributed by atoms with Gasteiger partial charge in [0.2, 0.25) is 0 Å². The number of thiophene rings is 1. The summed E-state index contributed by atoms with van der Waals surface area (Å²) in [5, 5.41) is 2.65. The lowest BCUT2D eigenvalue weighted by Gasteiger charge is -2.22. The largest absolute Gasteiger partial charge is 0.255 e. The fourth-order valence-corrected chi connectivity index (χ4v) is 5.54. The Kier molecular flexibility index (Phi) is 4.60. The highest BCUT2D eigenvalue weighted by atomic mass is 32.1. The number of rotatable bonds is 3. The summed E-state index contributed by atoms with van der Waals surface area (Å²) in [7, 11) is 0. The zero-order valence-corrected chi connectivity index (χ0v) is 18.5. The number of benzene rings is 3. The molecule has 2 heteroatoms. The second-order valence-electron chi connectivity index (χ2n) is 8.28. The SMILES string of the molecule is C=[N+]1C=CC(C(C)C)=C[C-]1c1c(C)ccc2c1[s+][c-]1cc(-c3ccccc3)ccc21. The summed E-state index contributed by atoms with van der Waals surface area (Å²) >= 11 is 1.89. The van der Waals surface area contributed by atoms with Crippen molar-refractivity contribution in [3.05, 3.63) is 102 Å². The smallest absolute Gasteiger partial charge is 0.159 e. The van der Waals surface area contributed by atoms with E-state index in [2.05, 4.69) is 107 Å². The average molecular weight is 408 g/mol. The van der Waals surface area contributed by atoms with Gasteiger partial charge in [-0.2, -0.15) is 0 Å². The lowest BCUT2D eigenvalue weighted by molar-refractivity contribution is -0.417. The van der Waals surface area contributed by atoms with Crippen LogP contribution in [0.15, 0.2) is 84.6 Å². The summed E-state index contributed by atoms with van der Waals surface area (Å²) in [5.41, 5.74) is 6.45. The standard InChI is InChI=1S/C28H25NS/c1-18(2)21-14-15-29(4)25(16-21)27-19(3)10-12-24-23-13-11-22(17-26(23)30-28(24)27)20-8-6-5-7-9-20/h5-18H,4H2,1-3H3. The number of hydrogen-bond acceptors (Lipinski definition) is 0. The van der Waals surface area contributed by atoms with Crippen LogP contribution in [0, 0.1) is 18.9 Å². The van der Waals surface area contributed by atoms with Gasteiger partial charge in [-0.25, -0.2) is 0 Å². The molecule has 5 rings (SSSR count). The third-order valence-electron chi connectivity index (χ3n) is 5.94. The topological polar surface area (TPSA) is 3.01 Å². The number of allylic oxidation sites excluding steroid dienone is 2. The fourth-order valence-electron chi connectivity index (χ4n) is 4.19. The average Bonchev–Trinajstić information content (AvgIpc) is 3.12. The van der Waals surface area contributed by atoms with Crippen molar-refractivity contribution in [3.8, 4) is 11.1 Å². The molecule has 0 saturated heterocycles. The highest BCUT2D eigenvalue weighted by Gasteiger charge is 2.25. The van der Waals surface area contributed by atoms with Crippen molar-refractivity contribution in [2.45, 2.75) is 20.8 Å². The Bertz CT molecular complexity index is 1340. The molecule has 0 bridgehead atoms. The third kappa shape index (κ3) is 3.09. The number of hydrogen-bond donors (Lipinski definition) is 0. The molecule has 1 nitrogen and oxygen atoms in total. The fraction of sp³-hybridized carbons (Fsp3) is 0.143. The molecule has 0 unspecified atom stereocenters. The minimum absolute atomic E-state index is 0.486. The Morgan fingerprint density at radius 3 is 2.53 bits per heavy atom. The highest BCUT2D eigenvalue weighted by Crippen LogP contribution is 2.42. The van der Waals surface area contributed by atoms with Gasteiger partial charge in [-0.1, -0.05) is 103 Å². The van der Waals surface area contributed by atoms with Crippen LogP contribution in [0.5, 0.6) is 0 Å². The maximum absolute atomic E-state index is 4.27. The summed E-state index contributed by atoms with van der Waals surface area (Å²) in [6.07, 6.45) is 6.57. The second-order valence-corrected chi connectivity index (χ2v) is 9.34. The second kappa shape index (κ2) is 7.30. The van der Waals surface area contributed by atoms with E-state index in [0.717, 1.165) is 0 Å². The van der Waals surface area contributed by atoms with E-state index >= 15 is 0 Å². The third-order valence-corrected chi connectivity index (χ3v) is 7.13. The highest BCUT2D eigenvalue weighted by molar-refractivity contribution is 7.26. The first kappa shape index (κ1) is 18.9. The molecule has 0 fully saturated rings. The lowest BCUT2D eigenvalue weighted by atomic mass is 9.92. The van der Waals surface area contributed by atoms with Gasteiger partial charge in [-0.15, -0.1) is 12.1 Å². The monoisotopic (exact) mass is 407 g/mol. The van der Waals surface area contributed by atoms with E-state index in [-0.39, 0.29) is 0 Å². The van der Waals surface area contributed by atoms with E-state index in [1.165, 1.54) is 54.0 Å². The van der Waals surface area contributed by atoms with Crippen LogP contribution >= 0.6 is 11.3 Å². The van der Waals surface area contributed by atoms with Crippen LogP contribution in [0.4, 0.5) is 0 Å². The Morgan fingerprint density at radius 1 is 0.967 bits per heavy atom. The molecule has 4 aromatic rings. The van der Waals surface area contributed by atoms with Crippen LogP contribution in [0.25, 0.3) is 31.3 Å². The zero-order valence-electron chi connectivity index (χ0n) is 17.6. The summed E-state index contributed by atoms with van der Waals surface area (Å²) in [6.45, 7) is 11.0. The Morgan fingerprint density at radius 2 is 1.77 bits per heavy atom. The van der Waals surface area contributed by atoms with Crippen LogP contribution in [0.2, 0.25) is 0 Å². The van der Waals surface area contributed by atoms with E-state index in [1.54, 1.807) is 0 Å². The van der Waals surface area contributed by atoms with Crippen molar-refractivity contribution in [3.63, 3.8) is 0 Å². The molecule has 148 valence electrons. The van der Waals surface area contributed by atoms with Crippen LogP contribution in [-0.2, 0) is 0 Å². The molecule has 0 saturated carbocycles. The quantitative estimate of drug-likeness (QED) is 0.186. The molecular formula is C28H25NS. The molecule has 1 aromatic heterocycles. The molecule has 2 heterocycles. The summed E-state index contributed by atoms with van der Waals surface area (Å²) in [6, 6.07) is 23.2. The number of aryl methyl sites for hydroxylation is 1. The molecule has 30 heavy (non-hydrogen) atoms. The van der Waals surface area contributed by atoms with Crippen molar-refractivity contribution in [2.24, 2.45) is 5.92 Å². The van der Waals surface area contributed by atoms with E-state index in [1.807, 2.05) is 15.9 Å². The van der Waals surface area contributed by atoms with Gasteiger partial charge >= 0.3 is 0 Å². The molecule has 0 N–H and O–H groups in total. The summed E-state index contributed by atoms with van der Waals surface area (Å²) in [5.74, 6) is 0.486. The van der Waals surface area contributed by atoms with E-state index in [4.69, 9.17) is 0 Å². The van der Waals surface area contributed by atoms with Gasteiger partial charge < -0.3 is 0 Å². The van der Waals surface area contributed by atoms with Gasteiger partial charge in [0.1, 0.15) is 17.5 Å². The molecular weight excluding hydrogens is 382 g/mol. The molecule has 0 radical (unpaired) electrons.